The minimum Gasteiger partial charge on any atom is -0.484 e. The fourth-order valence-electron chi connectivity index (χ4n) is 1.96. The first-order valence-electron chi connectivity index (χ1n) is 6.78. The summed E-state index contributed by atoms with van der Waals surface area (Å²) in [6, 6.07) is 14.4. The molecule has 0 bridgehead atoms. The Bertz CT molecular complexity index is 637. The maximum absolute atomic E-state index is 11.9. The summed E-state index contributed by atoms with van der Waals surface area (Å²) in [5.41, 5.74) is 2.40. The Labute approximate surface area is 123 Å². The van der Waals surface area contributed by atoms with Crippen molar-refractivity contribution in [3.05, 3.63) is 59.7 Å². The van der Waals surface area contributed by atoms with Crippen LogP contribution < -0.4 is 10.1 Å². The standard InChI is InChI=1S/C17H17NO3/c1-2-14-7-3-4-9-16(14)18-17(20)12-21-15-8-5-6-13(10-15)11-19/h3-11H,2,12H2,1H3,(H,18,20). The van der Waals surface area contributed by atoms with Gasteiger partial charge in [-0.25, -0.2) is 0 Å². The summed E-state index contributed by atoms with van der Waals surface area (Å²) in [7, 11) is 0. The summed E-state index contributed by atoms with van der Waals surface area (Å²) in [6.45, 7) is 1.94. The number of carbonyl (C=O) groups is 2. The molecule has 2 aromatic rings. The Kier molecular flexibility index (Phi) is 5.10. The largest absolute Gasteiger partial charge is 0.484 e. The lowest BCUT2D eigenvalue weighted by Crippen LogP contribution is -2.20. The molecule has 4 heteroatoms. The first-order valence-corrected chi connectivity index (χ1v) is 6.78. The SMILES string of the molecule is CCc1ccccc1NC(=O)COc1cccc(C=O)c1. The molecule has 0 fully saturated rings. The van der Waals surface area contributed by atoms with Gasteiger partial charge in [0.2, 0.25) is 0 Å². The number of ether oxygens (including phenoxy) is 1. The third-order valence-corrected chi connectivity index (χ3v) is 3.04. The van der Waals surface area contributed by atoms with Gasteiger partial charge < -0.3 is 10.1 Å². The van der Waals surface area contributed by atoms with E-state index in [1.54, 1.807) is 24.3 Å². The van der Waals surface area contributed by atoms with Gasteiger partial charge in [-0.1, -0.05) is 37.3 Å². The number of hydrogen-bond acceptors (Lipinski definition) is 3. The summed E-state index contributed by atoms with van der Waals surface area (Å²) in [5, 5.41) is 2.83. The zero-order valence-corrected chi connectivity index (χ0v) is 11.8. The van der Waals surface area contributed by atoms with Crippen molar-refractivity contribution in [1.82, 2.24) is 0 Å². The molecule has 2 aromatic carbocycles. The van der Waals surface area contributed by atoms with Crippen LogP contribution in [-0.2, 0) is 11.2 Å². The van der Waals surface area contributed by atoms with Gasteiger partial charge in [-0.2, -0.15) is 0 Å². The van der Waals surface area contributed by atoms with Gasteiger partial charge in [-0.15, -0.1) is 0 Å². The summed E-state index contributed by atoms with van der Waals surface area (Å²) >= 11 is 0. The van der Waals surface area contributed by atoms with Crippen LogP contribution in [0.25, 0.3) is 0 Å². The quantitative estimate of drug-likeness (QED) is 0.829. The van der Waals surface area contributed by atoms with Gasteiger partial charge >= 0.3 is 0 Å². The van der Waals surface area contributed by atoms with E-state index in [4.69, 9.17) is 4.74 Å². The highest BCUT2D eigenvalue weighted by Crippen LogP contribution is 2.16. The Morgan fingerprint density at radius 2 is 2.00 bits per heavy atom. The van der Waals surface area contributed by atoms with Gasteiger partial charge in [0.15, 0.2) is 6.61 Å². The second-order valence-electron chi connectivity index (χ2n) is 4.54. The highest BCUT2D eigenvalue weighted by Gasteiger charge is 2.06. The van der Waals surface area contributed by atoms with Crippen LogP contribution in [-0.4, -0.2) is 18.8 Å². The van der Waals surface area contributed by atoms with Gasteiger partial charge in [0.25, 0.3) is 5.91 Å². The first kappa shape index (κ1) is 14.8. The Morgan fingerprint density at radius 1 is 1.19 bits per heavy atom. The number of aryl methyl sites for hydroxylation is 1. The molecule has 0 aliphatic heterocycles. The van der Waals surface area contributed by atoms with Crippen LogP contribution in [0.2, 0.25) is 0 Å². The molecule has 2 rings (SSSR count). The summed E-state index contributed by atoms with van der Waals surface area (Å²) in [4.78, 5) is 22.6. The molecule has 0 spiro atoms. The van der Waals surface area contributed by atoms with E-state index in [2.05, 4.69) is 5.32 Å². The summed E-state index contributed by atoms with van der Waals surface area (Å²) in [5.74, 6) is 0.269. The highest BCUT2D eigenvalue weighted by molar-refractivity contribution is 5.92. The molecule has 0 heterocycles. The predicted octanol–water partition coefficient (Wildman–Crippen LogP) is 3.08. The van der Waals surface area contributed by atoms with E-state index >= 15 is 0 Å². The molecule has 0 saturated heterocycles. The summed E-state index contributed by atoms with van der Waals surface area (Å²) < 4.78 is 5.39. The average molecular weight is 283 g/mol. The van der Waals surface area contributed by atoms with Crippen LogP contribution in [0.3, 0.4) is 0 Å². The number of para-hydroxylation sites is 1. The van der Waals surface area contributed by atoms with Crippen molar-refractivity contribution in [2.45, 2.75) is 13.3 Å². The Morgan fingerprint density at radius 3 is 2.76 bits per heavy atom. The number of hydrogen-bond donors (Lipinski definition) is 1. The second-order valence-corrected chi connectivity index (χ2v) is 4.54. The van der Waals surface area contributed by atoms with Crippen LogP contribution in [0, 0.1) is 0 Å². The molecule has 21 heavy (non-hydrogen) atoms. The van der Waals surface area contributed by atoms with E-state index in [1.807, 2.05) is 31.2 Å². The first-order chi connectivity index (χ1) is 10.2. The second kappa shape index (κ2) is 7.24. The third kappa shape index (κ3) is 4.18. The minimum absolute atomic E-state index is 0.0969. The molecular weight excluding hydrogens is 266 g/mol. The van der Waals surface area contributed by atoms with Gasteiger partial charge in [0, 0.05) is 11.3 Å². The van der Waals surface area contributed by atoms with Crippen molar-refractivity contribution in [2.24, 2.45) is 0 Å². The van der Waals surface area contributed by atoms with Crippen LogP contribution >= 0.6 is 0 Å². The van der Waals surface area contributed by atoms with Gasteiger partial charge in [-0.3, -0.25) is 9.59 Å². The molecule has 0 radical (unpaired) electrons. The predicted molar refractivity (Wildman–Crippen MR) is 81.8 cm³/mol. The molecule has 4 nitrogen and oxygen atoms in total. The molecule has 108 valence electrons. The van der Waals surface area contributed by atoms with E-state index in [9.17, 15) is 9.59 Å². The normalized spacial score (nSPS) is 9.95. The Balaban J connectivity index is 1.94. The number of rotatable bonds is 6. The molecule has 0 saturated carbocycles. The smallest absolute Gasteiger partial charge is 0.262 e. The number of benzene rings is 2. The molecule has 1 amide bonds. The maximum Gasteiger partial charge on any atom is 0.262 e. The molecule has 0 aliphatic rings. The monoisotopic (exact) mass is 283 g/mol. The van der Waals surface area contributed by atoms with Crippen molar-refractivity contribution in [2.75, 3.05) is 11.9 Å². The van der Waals surface area contributed by atoms with Crippen molar-refractivity contribution in [3.63, 3.8) is 0 Å². The lowest BCUT2D eigenvalue weighted by atomic mass is 10.1. The fourth-order valence-corrected chi connectivity index (χ4v) is 1.96. The van der Waals surface area contributed by atoms with E-state index in [1.165, 1.54) is 0 Å². The van der Waals surface area contributed by atoms with Crippen molar-refractivity contribution in [3.8, 4) is 5.75 Å². The highest BCUT2D eigenvalue weighted by atomic mass is 16.5. The molecule has 0 atom stereocenters. The summed E-state index contributed by atoms with van der Waals surface area (Å²) in [6.07, 6.45) is 1.59. The number of aldehydes is 1. The maximum atomic E-state index is 11.9. The lowest BCUT2D eigenvalue weighted by molar-refractivity contribution is -0.118. The van der Waals surface area contributed by atoms with Crippen LogP contribution in [0.15, 0.2) is 48.5 Å². The van der Waals surface area contributed by atoms with Crippen molar-refractivity contribution in [1.29, 1.82) is 0 Å². The average Bonchev–Trinajstić information content (AvgIpc) is 2.53. The van der Waals surface area contributed by atoms with Gasteiger partial charge in [0.05, 0.1) is 0 Å². The minimum atomic E-state index is -0.229. The zero-order valence-electron chi connectivity index (χ0n) is 11.8. The fraction of sp³-hybridized carbons (Fsp3) is 0.176. The Hall–Kier alpha value is -2.62. The van der Waals surface area contributed by atoms with Crippen molar-refractivity contribution < 1.29 is 14.3 Å². The molecule has 0 unspecified atom stereocenters. The van der Waals surface area contributed by atoms with E-state index in [-0.39, 0.29) is 12.5 Å². The number of nitrogens with one attached hydrogen (secondary N) is 1. The lowest BCUT2D eigenvalue weighted by Gasteiger charge is -2.10. The van der Waals surface area contributed by atoms with E-state index < -0.39 is 0 Å². The molecule has 0 aromatic heterocycles. The third-order valence-electron chi connectivity index (χ3n) is 3.04. The zero-order chi connectivity index (χ0) is 15.1. The number of carbonyl (C=O) groups excluding carboxylic acids is 2. The molecular formula is C17H17NO3. The van der Waals surface area contributed by atoms with Gasteiger partial charge in [0.1, 0.15) is 12.0 Å². The van der Waals surface area contributed by atoms with E-state index in [0.717, 1.165) is 24.0 Å². The molecule has 1 N–H and O–H groups in total. The van der Waals surface area contributed by atoms with E-state index in [0.29, 0.717) is 11.3 Å². The molecule has 0 aliphatic carbocycles. The van der Waals surface area contributed by atoms with Crippen LogP contribution in [0.1, 0.15) is 22.8 Å². The van der Waals surface area contributed by atoms with Crippen LogP contribution in [0.4, 0.5) is 5.69 Å². The van der Waals surface area contributed by atoms with Crippen LogP contribution in [0.5, 0.6) is 5.75 Å². The number of amides is 1. The van der Waals surface area contributed by atoms with Gasteiger partial charge in [-0.05, 0) is 30.2 Å². The number of anilines is 1. The topological polar surface area (TPSA) is 55.4 Å². The van der Waals surface area contributed by atoms with Crippen molar-refractivity contribution >= 4 is 17.9 Å².